The molecule has 0 atom stereocenters. The third kappa shape index (κ3) is 8.26. The van der Waals surface area contributed by atoms with Crippen molar-refractivity contribution in [3.63, 3.8) is 0 Å². The summed E-state index contributed by atoms with van der Waals surface area (Å²) in [7, 11) is 3.97. The normalized spacial score (nSPS) is 17.1. The number of carbonyl (C=O) groups excluding carboxylic acids is 1. The molecule has 0 unspecified atom stereocenters. The van der Waals surface area contributed by atoms with Gasteiger partial charge in [0.25, 0.3) is 0 Å². The second kappa shape index (κ2) is 13.1. The molecule has 1 aliphatic carbocycles. The van der Waals surface area contributed by atoms with E-state index in [0.717, 1.165) is 37.9 Å². The van der Waals surface area contributed by atoms with Crippen LogP contribution < -0.4 is 15.5 Å². The van der Waals surface area contributed by atoms with E-state index in [9.17, 15) is 18.0 Å². The number of amides is 1. The molecular weight excluding hydrogens is 528 g/mol. The third-order valence-corrected chi connectivity index (χ3v) is 7.49. The van der Waals surface area contributed by atoms with E-state index in [1.165, 1.54) is 18.5 Å². The molecule has 1 amide bonds. The summed E-state index contributed by atoms with van der Waals surface area (Å²) in [6.07, 6.45) is 1.04. The summed E-state index contributed by atoms with van der Waals surface area (Å²) >= 11 is 0. The van der Waals surface area contributed by atoms with Gasteiger partial charge in [-0.25, -0.2) is 9.97 Å². The van der Waals surface area contributed by atoms with Gasteiger partial charge in [0.15, 0.2) is 11.6 Å². The first kappa shape index (κ1) is 30.0. The SMILES string of the molecule is CN(C)CCCNC(=O)CC1(CNc2ncnc(N(Cc3ccc(C(F)(F)F)cc3)C3CC3)c2F)CCOCC1. The van der Waals surface area contributed by atoms with Crippen LogP contribution in [0.5, 0.6) is 0 Å². The summed E-state index contributed by atoms with van der Waals surface area (Å²) in [5.41, 5.74) is -0.499. The Balaban J connectivity index is 1.43. The van der Waals surface area contributed by atoms with Gasteiger partial charge in [-0.05, 0) is 70.4 Å². The number of halogens is 4. The highest BCUT2D eigenvalue weighted by Gasteiger charge is 2.37. The van der Waals surface area contributed by atoms with Crippen molar-refractivity contribution in [1.29, 1.82) is 0 Å². The van der Waals surface area contributed by atoms with Crippen molar-refractivity contribution in [1.82, 2.24) is 20.2 Å². The van der Waals surface area contributed by atoms with Crippen LogP contribution in [-0.2, 0) is 22.3 Å². The fraction of sp³-hybridized carbons (Fsp3) is 0.607. The van der Waals surface area contributed by atoms with Gasteiger partial charge in [-0.1, -0.05) is 12.1 Å². The van der Waals surface area contributed by atoms with Gasteiger partial charge in [0.1, 0.15) is 6.33 Å². The van der Waals surface area contributed by atoms with Gasteiger partial charge in [-0.2, -0.15) is 17.6 Å². The summed E-state index contributed by atoms with van der Waals surface area (Å²) < 4.78 is 60.2. The van der Waals surface area contributed by atoms with E-state index < -0.39 is 23.0 Å². The van der Waals surface area contributed by atoms with Gasteiger partial charge in [-0.15, -0.1) is 0 Å². The van der Waals surface area contributed by atoms with E-state index in [2.05, 4.69) is 25.5 Å². The molecule has 0 bridgehead atoms. The van der Waals surface area contributed by atoms with Crippen molar-refractivity contribution in [2.24, 2.45) is 5.41 Å². The molecule has 12 heteroatoms. The van der Waals surface area contributed by atoms with Gasteiger partial charge >= 0.3 is 6.18 Å². The smallest absolute Gasteiger partial charge is 0.381 e. The van der Waals surface area contributed by atoms with E-state index in [4.69, 9.17) is 4.74 Å². The number of hydrogen-bond acceptors (Lipinski definition) is 7. The first-order valence-electron chi connectivity index (χ1n) is 13.7. The summed E-state index contributed by atoms with van der Waals surface area (Å²) in [5.74, 6) is -0.501. The molecule has 1 aromatic carbocycles. The fourth-order valence-corrected chi connectivity index (χ4v) is 4.96. The van der Waals surface area contributed by atoms with Gasteiger partial charge in [0.05, 0.1) is 5.56 Å². The first-order valence-corrected chi connectivity index (χ1v) is 13.7. The molecule has 2 aliphatic rings. The van der Waals surface area contributed by atoms with Crippen LogP contribution >= 0.6 is 0 Å². The van der Waals surface area contributed by atoms with Crippen molar-refractivity contribution in [3.05, 3.63) is 47.5 Å². The second-order valence-corrected chi connectivity index (χ2v) is 11.1. The zero-order valence-electron chi connectivity index (χ0n) is 23.1. The van der Waals surface area contributed by atoms with E-state index in [0.29, 0.717) is 51.1 Å². The summed E-state index contributed by atoms with van der Waals surface area (Å²) in [5, 5.41) is 6.13. The number of benzene rings is 1. The molecule has 1 saturated carbocycles. The van der Waals surface area contributed by atoms with Crippen LogP contribution in [0.2, 0.25) is 0 Å². The Morgan fingerprint density at radius 2 is 1.82 bits per heavy atom. The Hall–Kier alpha value is -2.99. The summed E-state index contributed by atoms with van der Waals surface area (Å²) in [6.45, 7) is 3.09. The molecule has 0 spiro atoms. The second-order valence-electron chi connectivity index (χ2n) is 11.1. The van der Waals surface area contributed by atoms with Crippen molar-refractivity contribution >= 4 is 17.5 Å². The summed E-state index contributed by atoms with van der Waals surface area (Å²) in [4.78, 5) is 24.9. The maximum Gasteiger partial charge on any atom is 0.416 e. The number of anilines is 2. The largest absolute Gasteiger partial charge is 0.416 e. The molecule has 1 aliphatic heterocycles. The minimum atomic E-state index is -4.41. The monoisotopic (exact) mass is 566 g/mol. The molecular formula is C28H38F4N6O2. The van der Waals surface area contributed by atoms with Gasteiger partial charge < -0.3 is 25.2 Å². The van der Waals surface area contributed by atoms with Gasteiger partial charge in [0, 0.05) is 50.7 Å². The Kier molecular flexibility index (Phi) is 9.83. The van der Waals surface area contributed by atoms with E-state index in [1.54, 1.807) is 4.90 Å². The molecule has 220 valence electrons. The van der Waals surface area contributed by atoms with Crippen LogP contribution in [0.25, 0.3) is 0 Å². The molecule has 2 aromatic rings. The quantitative estimate of drug-likeness (QED) is 0.274. The first-order chi connectivity index (χ1) is 19.1. The van der Waals surface area contributed by atoms with Crippen LogP contribution in [0.15, 0.2) is 30.6 Å². The Morgan fingerprint density at radius 1 is 1.12 bits per heavy atom. The summed E-state index contributed by atoms with van der Waals surface area (Å²) in [6, 6.07) is 4.95. The minimum absolute atomic E-state index is 0.0391. The number of carbonyl (C=O) groups is 1. The Bertz CT molecular complexity index is 1120. The molecule has 4 rings (SSSR count). The number of rotatable bonds is 13. The predicted octanol–water partition coefficient (Wildman–Crippen LogP) is 4.47. The lowest BCUT2D eigenvalue weighted by Gasteiger charge is -2.37. The van der Waals surface area contributed by atoms with Crippen molar-refractivity contribution in [2.45, 2.75) is 57.3 Å². The van der Waals surface area contributed by atoms with E-state index >= 15 is 4.39 Å². The minimum Gasteiger partial charge on any atom is -0.381 e. The topological polar surface area (TPSA) is 82.6 Å². The lowest BCUT2D eigenvalue weighted by Crippen LogP contribution is -2.41. The Morgan fingerprint density at radius 3 is 2.45 bits per heavy atom. The molecule has 2 N–H and O–H groups in total. The van der Waals surface area contributed by atoms with Crippen LogP contribution in [0.3, 0.4) is 0 Å². The van der Waals surface area contributed by atoms with Crippen LogP contribution in [0.1, 0.15) is 49.7 Å². The number of hydrogen-bond donors (Lipinski definition) is 2. The van der Waals surface area contributed by atoms with Crippen LogP contribution in [-0.4, -0.2) is 73.8 Å². The maximum absolute atomic E-state index is 15.8. The van der Waals surface area contributed by atoms with Crippen molar-refractivity contribution < 1.29 is 27.1 Å². The number of aromatic nitrogens is 2. The van der Waals surface area contributed by atoms with E-state index in [-0.39, 0.29) is 30.1 Å². The average Bonchev–Trinajstić information content (AvgIpc) is 3.75. The lowest BCUT2D eigenvalue weighted by atomic mass is 9.77. The fourth-order valence-electron chi connectivity index (χ4n) is 4.96. The van der Waals surface area contributed by atoms with Crippen LogP contribution in [0.4, 0.5) is 29.2 Å². The molecule has 1 saturated heterocycles. The number of ether oxygens (including phenoxy) is 1. The molecule has 0 radical (unpaired) electrons. The van der Waals surface area contributed by atoms with Crippen molar-refractivity contribution in [3.8, 4) is 0 Å². The average molecular weight is 567 g/mol. The standard InChI is InChI=1S/C28H38F4N6O2/c1-37(2)13-3-12-33-23(39)16-27(10-14-40-15-11-27)18-34-25-24(29)26(36-19-35-25)38(22-8-9-22)17-20-4-6-21(7-5-20)28(30,31)32/h4-7,19,22H,3,8-18H2,1-2H3,(H,33,39)(H,34,35,36). The number of alkyl halides is 3. The predicted molar refractivity (Wildman–Crippen MR) is 144 cm³/mol. The van der Waals surface area contributed by atoms with Gasteiger partial charge in [0.2, 0.25) is 11.7 Å². The lowest BCUT2D eigenvalue weighted by molar-refractivity contribution is -0.137. The zero-order valence-corrected chi connectivity index (χ0v) is 23.1. The molecule has 1 aromatic heterocycles. The van der Waals surface area contributed by atoms with Crippen molar-refractivity contribution in [2.75, 3.05) is 57.2 Å². The maximum atomic E-state index is 15.8. The van der Waals surface area contributed by atoms with Gasteiger partial charge in [-0.3, -0.25) is 4.79 Å². The Labute approximate surface area is 232 Å². The highest BCUT2D eigenvalue weighted by Crippen LogP contribution is 2.37. The molecule has 8 nitrogen and oxygen atoms in total. The number of nitrogens with one attached hydrogen (secondary N) is 2. The molecule has 40 heavy (non-hydrogen) atoms. The number of nitrogens with zero attached hydrogens (tertiary/aromatic N) is 4. The molecule has 2 heterocycles. The zero-order chi connectivity index (χ0) is 28.8. The highest BCUT2D eigenvalue weighted by molar-refractivity contribution is 5.76. The third-order valence-electron chi connectivity index (χ3n) is 7.49. The molecule has 2 fully saturated rings. The van der Waals surface area contributed by atoms with Crippen LogP contribution in [0, 0.1) is 11.2 Å². The van der Waals surface area contributed by atoms with E-state index in [1.807, 2.05) is 14.1 Å². The highest BCUT2D eigenvalue weighted by atomic mass is 19.4.